The van der Waals surface area contributed by atoms with Crippen LogP contribution in [0.1, 0.15) is 25.0 Å². The molecule has 23 heavy (non-hydrogen) atoms. The van der Waals surface area contributed by atoms with E-state index in [1.165, 1.54) is 18.2 Å². The number of non-ortho nitro benzene ring substituents is 1. The fourth-order valence-corrected chi connectivity index (χ4v) is 3.40. The van der Waals surface area contributed by atoms with Gasteiger partial charge in [0.05, 0.1) is 10.3 Å². The summed E-state index contributed by atoms with van der Waals surface area (Å²) in [6, 6.07) is 12.0. The third-order valence-electron chi connectivity index (χ3n) is 4.96. The molecule has 0 radical (unpaired) electrons. The van der Waals surface area contributed by atoms with Crippen LogP contribution in [0.25, 0.3) is 0 Å². The Morgan fingerprint density at radius 1 is 1.22 bits per heavy atom. The van der Waals surface area contributed by atoms with Gasteiger partial charge in [0, 0.05) is 30.7 Å². The second-order valence-corrected chi connectivity index (χ2v) is 6.22. The van der Waals surface area contributed by atoms with Gasteiger partial charge in [-0.1, -0.05) is 24.3 Å². The number of nitrogens with zero attached hydrogens (tertiary/aromatic N) is 2. The summed E-state index contributed by atoms with van der Waals surface area (Å²) in [5, 5.41) is 23.2. The van der Waals surface area contributed by atoms with Gasteiger partial charge >= 0.3 is 0 Å². The maximum absolute atomic E-state index is 12.2. The van der Waals surface area contributed by atoms with Crippen molar-refractivity contribution in [2.24, 2.45) is 0 Å². The lowest BCUT2D eigenvalue weighted by molar-refractivity contribution is -0.403. The van der Waals surface area contributed by atoms with Gasteiger partial charge in [-0.2, -0.15) is 0 Å². The van der Waals surface area contributed by atoms with Crippen molar-refractivity contribution in [3.8, 4) is 5.75 Å². The quantitative estimate of drug-likeness (QED) is 0.497. The molecule has 118 valence electrons. The Labute approximate surface area is 134 Å². The van der Waals surface area contributed by atoms with Crippen LogP contribution in [-0.2, 0) is 11.8 Å². The monoisotopic (exact) mass is 310 g/mol. The van der Waals surface area contributed by atoms with Gasteiger partial charge in [-0.15, -0.1) is 5.75 Å². The number of hydrogen-bond donors (Lipinski definition) is 0. The summed E-state index contributed by atoms with van der Waals surface area (Å²) in [4.78, 5) is 10.5. The summed E-state index contributed by atoms with van der Waals surface area (Å²) in [6.45, 7) is 4.13. The molecule has 2 aromatic rings. The lowest BCUT2D eigenvalue weighted by Crippen LogP contribution is -2.32. The van der Waals surface area contributed by atoms with Gasteiger partial charge in [0.1, 0.15) is 7.05 Å². The van der Waals surface area contributed by atoms with Crippen molar-refractivity contribution in [1.82, 2.24) is 0 Å². The molecule has 0 amide bonds. The van der Waals surface area contributed by atoms with Crippen molar-refractivity contribution in [2.75, 3.05) is 7.05 Å². The summed E-state index contributed by atoms with van der Waals surface area (Å²) in [5.41, 5.74) is 3.48. The molecule has 0 bridgehead atoms. The first-order valence-corrected chi connectivity index (χ1v) is 7.46. The molecule has 2 aromatic carbocycles. The maximum atomic E-state index is 12.2. The SMILES string of the molecule is CC1=[N+](C)c2ccccc2[C@@]1(C)Cc1cc([N+](=O)[O-])ccc1[O-]. The lowest BCUT2D eigenvalue weighted by atomic mass is 9.75. The molecule has 1 atom stereocenters. The first-order chi connectivity index (χ1) is 10.8. The van der Waals surface area contributed by atoms with Crippen LogP contribution in [0.2, 0.25) is 0 Å². The molecule has 0 spiro atoms. The maximum Gasteiger partial charge on any atom is 0.269 e. The Bertz CT molecular complexity index is 842. The average molecular weight is 310 g/mol. The predicted octanol–water partition coefficient (Wildman–Crippen LogP) is 2.92. The van der Waals surface area contributed by atoms with E-state index in [4.69, 9.17) is 0 Å². The minimum Gasteiger partial charge on any atom is -0.872 e. The number of para-hydroxylation sites is 1. The highest BCUT2D eigenvalue weighted by Crippen LogP contribution is 2.42. The van der Waals surface area contributed by atoms with E-state index in [0.717, 1.165) is 17.0 Å². The predicted molar refractivity (Wildman–Crippen MR) is 86.6 cm³/mol. The smallest absolute Gasteiger partial charge is 0.269 e. The molecule has 0 saturated carbocycles. The van der Waals surface area contributed by atoms with Crippen LogP contribution in [0.5, 0.6) is 5.75 Å². The standard InChI is InChI=1S/C18H18N2O3/c1-12-18(2,15-6-4-5-7-16(15)19(12)3)11-13-10-14(20(22)23)8-9-17(13)21/h4-10H,11H2,1-3H3/t18-/m0/s1. The van der Waals surface area contributed by atoms with E-state index in [2.05, 4.69) is 23.6 Å². The summed E-state index contributed by atoms with van der Waals surface area (Å²) in [7, 11) is 2.00. The Hall–Kier alpha value is -2.69. The van der Waals surface area contributed by atoms with Crippen LogP contribution in [0, 0.1) is 10.1 Å². The van der Waals surface area contributed by atoms with Crippen LogP contribution >= 0.6 is 0 Å². The summed E-state index contributed by atoms with van der Waals surface area (Å²) in [5.74, 6) is -0.156. The van der Waals surface area contributed by atoms with Crippen molar-refractivity contribution < 1.29 is 14.6 Å². The third kappa shape index (κ3) is 2.29. The fourth-order valence-electron chi connectivity index (χ4n) is 3.40. The Kier molecular flexibility index (Phi) is 3.43. The molecule has 0 aromatic heterocycles. The summed E-state index contributed by atoms with van der Waals surface area (Å²) >= 11 is 0. The highest BCUT2D eigenvalue weighted by molar-refractivity contribution is 5.94. The highest BCUT2D eigenvalue weighted by atomic mass is 16.6. The van der Waals surface area contributed by atoms with Crippen LogP contribution in [0.4, 0.5) is 11.4 Å². The zero-order valence-electron chi connectivity index (χ0n) is 13.4. The van der Waals surface area contributed by atoms with E-state index in [0.29, 0.717) is 12.0 Å². The number of hydrogen-bond acceptors (Lipinski definition) is 3. The van der Waals surface area contributed by atoms with Gasteiger partial charge < -0.3 is 5.11 Å². The Balaban J connectivity index is 2.10. The number of rotatable bonds is 3. The molecule has 1 aliphatic rings. The zero-order chi connectivity index (χ0) is 16.8. The van der Waals surface area contributed by atoms with Crippen molar-refractivity contribution in [1.29, 1.82) is 0 Å². The van der Waals surface area contributed by atoms with E-state index in [9.17, 15) is 15.2 Å². The number of nitro groups is 1. The minimum atomic E-state index is -0.462. The fraction of sp³-hybridized carbons (Fsp3) is 0.278. The van der Waals surface area contributed by atoms with Gasteiger partial charge in [-0.05, 0) is 18.9 Å². The molecule has 3 rings (SSSR count). The molecule has 0 aliphatic carbocycles. The van der Waals surface area contributed by atoms with Crippen LogP contribution in [0.3, 0.4) is 0 Å². The van der Waals surface area contributed by atoms with Crippen molar-refractivity contribution in [2.45, 2.75) is 25.7 Å². The van der Waals surface area contributed by atoms with Crippen molar-refractivity contribution >= 4 is 17.1 Å². The first kappa shape index (κ1) is 15.2. The summed E-state index contributed by atoms with van der Waals surface area (Å²) < 4.78 is 2.12. The molecular formula is C18H18N2O3. The molecule has 0 unspecified atom stereocenters. The van der Waals surface area contributed by atoms with E-state index in [1.54, 1.807) is 0 Å². The van der Waals surface area contributed by atoms with E-state index >= 15 is 0 Å². The molecule has 0 N–H and O–H groups in total. The third-order valence-corrected chi connectivity index (χ3v) is 4.96. The van der Waals surface area contributed by atoms with Crippen LogP contribution in [0.15, 0.2) is 42.5 Å². The van der Waals surface area contributed by atoms with Gasteiger partial charge in [0.2, 0.25) is 5.69 Å². The lowest BCUT2D eigenvalue weighted by Gasteiger charge is -2.25. The number of nitro benzene ring substituents is 1. The molecule has 1 heterocycles. The van der Waals surface area contributed by atoms with Gasteiger partial charge in [0.25, 0.3) is 5.69 Å². The van der Waals surface area contributed by atoms with E-state index in [1.807, 2.05) is 26.1 Å². The van der Waals surface area contributed by atoms with Crippen molar-refractivity contribution in [3.63, 3.8) is 0 Å². The average Bonchev–Trinajstić information content (AvgIpc) is 2.72. The normalized spacial score (nSPS) is 19.8. The highest BCUT2D eigenvalue weighted by Gasteiger charge is 2.45. The van der Waals surface area contributed by atoms with Crippen LogP contribution < -0.4 is 5.11 Å². The van der Waals surface area contributed by atoms with Gasteiger partial charge in [-0.3, -0.25) is 10.1 Å². The molecule has 5 nitrogen and oxygen atoms in total. The molecule has 0 fully saturated rings. The van der Waals surface area contributed by atoms with Crippen LogP contribution in [-0.4, -0.2) is 22.3 Å². The Morgan fingerprint density at radius 2 is 1.91 bits per heavy atom. The van der Waals surface area contributed by atoms with E-state index < -0.39 is 4.92 Å². The largest absolute Gasteiger partial charge is 0.872 e. The minimum absolute atomic E-state index is 0.0412. The van der Waals surface area contributed by atoms with E-state index in [-0.39, 0.29) is 16.9 Å². The van der Waals surface area contributed by atoms with Crippen molar-refractivity contribution in [3.05, 3.63) is 63.7 Å². The number of benzene rings is 2. The first-order valence-electron chi connectivity index (χ1n) is 7.46. The molecule has 1 aliphatic heterocycles. The molecule has 0 saturated heterocycles. The van der Waals surface area contributed by atoms with Gasteiger partial charge in [0.15, 0.2) is 5.71 Å². The summed E-state index contributed by atoms with van der Waals surface area (Å²) in [6.07, 6.45) is 0.445. The second kappa shape index (κ2) is 5.19. The molecule has 5 heteroatoms. The number of fused-ring (bicyclic) bond motifs is 1. The van der Waals surface area contributed by atoms with Gasteiger partial charge in [-0.25, -0.2) is 4.58 Å². The second-order valence-electron chi connectivity index (χ2n) is 6.22. The Morgan fingerprint density at radius 3 is 2.61 bits per heavy atom. The molecular weight excluding hydrogens is 292 g/mol. The zero-order valence-corrected chi connectivity index (χ0v) is 13.4. The topological polar surface area (TPSA) is 69.2 Å².